The molecule has 2 rings (SSSR count). The Morgan fingerprint density at radius 1 is 1.18 bits per heavy atom. The molecule has 0 aliphatic heterocycles. The highest BCUT2D eigenvalue weighted by atomic mass is 79.9. The van der Waals surface area contributed by atoms with Crippen molar-refractivity contribution in [3.8, 4) is 0 Å². The molecule has 2 aromatic rings. The van der Waals surface area contributed by atoms with E-state index in [-0.39, 0.29) is 0 Å². The normalized spacial score (nSPS) is 10.6. The largest absolute Gasteiger partial charge is 0.519 e. The molecule has 3 nitrogen and oxygen atoms in total. The highest BCUT2D eigenvalue weighted by molar-refractivity contribution is 9.10. The molecule has 0 N–H and O–H groups in total. The second-order valence-corrected chi connectivity index (χ2v) is 2.96. The van der Waals surface area contributed by atoms with Gasteiger partial charge in [0.05, 0.1) is 0 Å². The van der Waals surface area contributed by atoms with Gasteiger partial charge in [-0.05, 0) is 18.2 Å². The minimum Gasteiger partial charge on any atom is -0.391 e. The van der Waals surface area contributed by atoms with Crippen LogP contribution in [-0.2, 0) is 0 Å². The summed E-state index contributed by atoms with van der Waals surface area (Å²) in [5.41, 5.74) is 0.933. The first-order valence-corrected chi connectivity index (χ1v) is 3.74. The predicted octanol–water partition coefficient (Wildman–Crippen LogP) is 2.15. The first kappa shape index (κ1) is 6.67. The minimum absolute atomic E-state index is 0.462. The van der Waals surface area contributed by atoms with Crippen molar-refractivity contribution in [2.24, 2.45) is 0 Å². The monoisotopic (exact) mass is 214 g/mol. The Kier molecular flexibility index (Phi) is 1.35. The van der Waals surface area contributed by atoms with Gasteiger partial charge in [-0.25, -0.2) is 4.79 Å². The van der Waals surface area contributed by atoms with Crippen molar-refractivity contribution in [2.45, 2.75) is 0 Å². The van der Waals surface area contributed by atoms with Gasteiger partial charge in [-0.2, -0.15) is 0 Å². The van der Waals surface area contributed by atoms with Crippen molar-refractivity contribution in [3.05, 3.63) is 33.3 Å². The van der Waals surface area contributed by atoms with E-state index in [1.807, 2.05) is 0 Å². The second-order valence-electron chi connectivity index (χ2n) is 2.05. The van der Waals surface area contributed by atoms with E-state index >= 15 is 0 Å². The quantitative estimate of drug-likeness (QED) is 0.676. The first-order chi connectivity index (χ1) is 5.25. The van der Waals surface area contributed by atoms with Gasteiger partial charge in [-0.3, -0.25) is 0 Å². The molecule has 0 spiro atoms. The molecule has 0 saturated heterocycles. The van der Waals surface area contributed by atoms with E-state index in [4.69, 9.17) is 4.42 Å². The number of hydrogen-bond acceptors (Lipinski definition) is 3. The molecule has 1 aromatic heterocycles. The van der Waals surface area contributed by atoms with Gasteiger partial charge < -0.3 is 8.83 Å². The summed E-state index contributed by atoms with van der Waals surface area (Å²) in [6.07, 6.45) is 0. The van der Waals surface area contributed by atoms with Crippen LogP contribution in [-0.4, -0.2) is 0 Å². The van der Waals surface area contributed by atoms with Gasteiger partial charge in [0, 0.05) is 4.47 Å². The van der Waals surface area contributed by atoms with Crippen molar-refractivity contribution in [1.29, 1.82) is 0 Å². The zero-order chi connectivity index (χ0) is 7.84. The summed E-state index contributed by atoms with van der Waals surface area (Å²) in [6, 6.07) is 5.13. The topological polar surface area (TPSA) is 43.4 Å². The van der Waals surface area contributed by atoms with Crippen LogP contribution in [0.25, 0.3) is 11.2 Å². The van der Waals surface area contributed by atoms with E-state index in [9.17, 15) is 4.79 Å². The summed E-state index contributed by atoms with van der Waals surface area (Å²) < 4.78 is 10.2. The van der Waals surface area contributed by atoms with Crippen LogP contribution >= 0.6 is 15.9 Å². The van der Waals surface area contributed by atoms with Crippen molar-refractivity contribution in [2.75, 3.05) is 0 Å². The van der Waals surface area contributed by atoms with Gasteiger partial charge in [-0.15, -0.1) is 0 Å². The van der Waals surface area contributed by atoms with E-state index < -0.39 is 5.82 Å². The summed E-state index contributed by atoms with van der Waals surface area (Å²) >= 11 is 3.24. The molecule has 0 aliphatic carbocycles. The zero-order valence-electron chi connectivity index (χ0n) is 5.33. The smallest absolute Gasteiger partial charge is 0.391 e. The fourth-order valence-corrected chi connectivity index (χ4v) is 1.19. The van der Waals surface area contributed by atoms with E-state index in [0.29, 0.717) is 11.2 Å². The molecule has 4 heteroatoms. The Morgan fingerprint density at radius 2 is 1.91 bits per heavy atom. The van der Waals surface area contributed by atoms with Gasteiger partial charge in [0.2, 0.25) is 0 Å². The van der Waals surface area contributed by atoms with Gasteiger partial charge in [0.25, 0.3) is 0 Å². The predicted molar refractivity (Wildman–Crippen MR) is 42.5 cm³/mol. The third-order valence-corrected chi connectivity index (χ3v) is 1.79. The van der Waals surface area contributed by atoms with Gasteiger partial charge >= 0.3 is 5.82 Å². The maximum atomic E-state index is 10.6. The standard InChI is InChI=1S/C7H3BrO3/c8-4-1-2-5-6(3-4)11-7(9)10-5/h1-3H. The molecule has 0 fully saturated rings. The fourth-order valence-electron chi connectivity index (χ4n) is 0.846. The number of benzene rings is 1. The van der Waals surface area contributed by atoms with Gasteiger partial charge in [-0.1, -0.05) is 15.9 Å². The summed E-state index contributed by atoms with van der Waals surface area (Å²) in [6.45, 7) is 0. The van der Waals surface area contributed by atoms with Crippen LogP contribution in [0.3, 0.4) is 0 Å². The van der Waals surface area contributed by atoms with Gasteiger partial charge in [0.15, 0.2) is 11.2 Å². The maximum absolute atomic E-state index is 10.6. The lowest BCUT2D eigenvalue weighted by atomic mass is 10.3. The van der Waals surface area contributed by atoms with Crippen molar-refractivity contribution in [1.82, 2.24) is 0 Å². The highest BCUT2D eigenvalue weighted by Crippen LogP contribution is 2.17. The highest BCUT2D eigenvalue weighted by Gasteiger charge is 2.01. The molecule has 0 amide bonds. The average Bonchev–Trinajstić information content (AvgIpc) is 2.27. The van der Waals surface area contributed by atoms with E-state index in [0.717, 1.165) is 4.47 Å². The lowest BCUT2D eigenvalue weighted by Crippen LogP contribution is -1.84. The first-order valence-electron chi connectivity index (χ1n) is 2.95. The number of hydrogen-bond donors (Lipinski definition) is 0. The molecule has 0 aliphatic rings. The van der Waals surface area contributed by atoms with Crippen LogP contribution in [0.5, 0.6) is 0 Å². The molecule has 11 heavy (non-hydrogen) atoms. The maximum Gasteiger partial charge on any atom is 0.519 e. The number of fused-ring (bicyclic) bond motifs is 1. The summed E-state index contributed by atoms with van der Waals surface area (Å²) in [5, 5.41) is 0. The van der Waals surface area contributed by atoms with E-state index in [1.54, 1.807) is 18.2 Å². The van der Waals surface area contributed by atoms with Crippen LogP contribution in [0.1, 0.15) is 0 Å². The average molecular weight is 215 g/mol. The summed E-state index contributed by atoms with van der Waals surface area (Å²) in [7, 11) is 0. The van der Waals surface area contributed by atoms with Crippen LogP contribution in [0.15, 0.2) is 36.3 Å². The molecule has 0 atom stereocenters. The lowest BCUT2D eigenvalue weighted by molar-refractivity contribution is 0.409. The van der Waals surface area contributed by atoms with Crippen LogP contribution in [0.2, 0.25) is 0 Å². The van der Waals surface area contributed by atoms with Crippen molar-refractivity contribution < 1.29 is 8.83 Å². The molecule has 56 valence electrons. The third-order valence-electron chi connectivity index (χ3n) is 1.29. The van der Waals surface area contributed by atoms with Gasteiger partial charge in [0.1, 0.15) is 0 Å². The SMILES string of the molecule is O=c1oc2ccc(Br)cc2o1. The van der Waals surface area contributed by atoms with Crippen molar-refractivity contribution >= 4 is 27.1 Å². The van der Waals surface area contributed by atoms with Crippen LogP contribution in [0.4, 0.5) is 0 Å². The Bertz CT molecular complexity index is 440. The van der Waals surface area contributed by atoms with E-state index in [2.05, 4.69) is 20.3 Å². The minimum atomic E-state index is -0.668. The molecule has 1 aromatic carbocycles. The molecule has 1 heterocycles. The Morgan fingerprint density at radius 3 is 2.73 bits per heavy atom. The molecule has 0 unspecified atom stereocenters. The van der Waals surface area contributed by atoms with Crippen LogP contribution < -0.4 is 5.82 Å². The zero-order valence-corrected chi connectivity index (χ0v) is 6.92. The van der Waals surface area contributed by atoms with Crippen LogP contribution in [0, 0.1) is 0 Å². The molecular weight excluding hydrogens is 212 g/mol. The Labute approximate surface area is 69.7 Å². The van der Waals surface area contributed by atoms with E-state index in [1.165, 1.54) is 0 Å². The Hall–Kier alpha value is -1.03. The summed E-state index contributed by atoms with van der Waals surface area (Å²) in [4.78, 5) is 10.6. The summed E-state index contributed by atoms with van der Waals surface area (Å²) in [5.74, 6) is -0.668. The third kappa shape index (κ3) is 1.09. The number of rotatable bonds is 0. The fraction of sp³-hybridized carbons (Fsp3) is 0. The van der Waals surface area contributed by atoms with Crippen molar-refractivity contribution in [3.63, 3.8) is 0 Å². The second kappa shape index (κ2) is 2.23. The molecular formula is C7H3BrO3. The Balaban J connectivity index is 2.92. The molecule has 0 radical (unpaired) electrons. The lowest BCUT2D eigenvalue weighted by Gasteiger charge is -1.84. The number of halogens is 1. The molecule has 0 bridgehead atoms. The molecule has 0 saturated carbocycles.